The van der Waals surface area contributed by atoms with Gasteiger partial charge in [0.15, 0.2) is 0 Å². The number of likely N-dealkylation sites (tertiary alicyclic amines) is 1. The lowest BCUT2D eigenvalue weighted by molar-refractivity contribution is 0.0789. The first-order valence-electron chi connectivity index (χ1n) is 10.1. The Hall–Kier alpha value is -2.84. The van der Waals surface area contributed by atoms with Crippen LogP contribution in [0.4, 0.5) is 0 Å². The molecule has 0 radical (unpaired) electrons. The lowest BCUT2D eigenvalue weighted by atomic mass is 10.1. The summed E-state index contributed by atoms with van der Waals surface area (Å²) in [5, 5.41) is 0. The van der Waals surface area contributed by atoms with Crippen LogP contribution >= 0.6 is 0 Å². The van der Waals surface area contributed by atoms with E-state index < -0.39 is 10.0 Å². The van der Waals surface area contributed by atoms with E-state index in [1.54, 1.807) is 23.1 Å². The van der Waals surface area contributed by atoms with Crippen LogP contribution in [0.1, 0.15) is 28.8 Å². The van der Waals surface area contributed by atoms with Crippen molar-refractivity contribution >= 4 is 15.9 Å². The molecule has 0 N–H and O–H groups in total. The Bertz CT molecular complexity index is 1050. The predicted octanol–water partition coefficient (Wildman–Crippen LogP) is 3.32. The Kier molecular flexibility index (Phi) is 7.35. The van der Waals surface area contributed by atoms with Crippen molar-refractivity contribution in [2.24, 2.45) is 0 Å². The molecule has 8 heteroatoms. The summed E-state index contributed by atoms with van der Waals surface area (Å²) in [4.78, 5) is 14.7. The van der Waals surface area contributed by atoms with E-state index in [-0.39, 0.29) is 22.9 Å². The largest absolute Gasteiger partial charge is 0.496 e. The molecule has 0 bridgehead atoms. The van der Waals surface area contributed by atoms with Crippen molar-refractivity contribution in [1.29, 1.82) is 0 Å². The summed E-state index contributed by atoms with van der Waals surface area (Å²) in [7, 11) is -0.839. The average molecular weight is 445 g/mol. The summed E-state index contributed by atoms with van der Waals surface area (Å²) < 4.78 is 38.5. The second kappa shape index (κ2) is 9.98. The summed E-state index contributed by atoms with van der Waals surface area (Å²) in [6.45, 7) is 5.49. The second-order valence-corrected chi connectivity index (χ2v) is 9.41. The summed E-state index contributed by atoms with van der Waals surface area (Å²) in [6, 6.07) is 11.7. The minimum Gasteiger partial charge on any atom is -0.496 e. The van der Waals surface area contributed by atoms with Crippen LogP contribution in [0.2, 0.25) is 0 Å². The van der Waals surface area contributed by atoms with E-state index >= 15 is 0 Å². The molecule has 0 saturated carbocycles. The number of carbonyl (C=O) groups excluding carboxylic acids is 1. The van der Waals surface area contributed by atoms with E-state index in [0.717, 1.165) is 18.4 Å². The summed E-state index contributed by atoms with van der Waals surface area (Å²) in [5.74, 6) is 0.804. The van der Waals surface area contributed by atoms with Gasteiger partial charge in [-0.2, -0.15) is 4.31 Å². The van der Waals surface area contributed by atoms with Crippen LogP contribution in [0.5, 0.6) is 11.5 Å². The summed E-state index contributed by atoms with van der Waals surface area (Å²) in [5.41, 5.74) is 1.05. The molecule has 1 amide bonds. The Morgan fingerprint density at radius 1 is 1.19 bits per heavy atom. The highest BCUT2D eigenvalue weighted by Gasteiger charge is 2.27. The lowest BCUT2D eigenvalue weighted by Gasteiger charge is -2.20. The predicted molar refractivity (Wildman–Crippen MR) is 119 cm³/mol. The van der Waals surface area contributed by atoms with Crippen LogP contribution in [-0.4, -0.2) is 57.4 Å². The maximum atomic E-state index is 13.2. The topological polar surface area (TPSA) is 76.1 Å². The Morgan fingerprint density at radius 3 is 2.61 bits per heavy atom. The molecule has 2 aromatic carbocycles. The number of hydrogen-bond acceptors (Lipinski definition) is 5. The first kappa shape index (κ1) is 22.8. The van der Waals surface area contributed by atoms with Gasteiger partial charge in [-0.25, -0.2) is 8.42 Å². The van der Waals surface area contributed by atoms with E-state index in [9.17, 15) is 13.2 Å². The first-order chi connectivity index (χ1) is 14.9. The SMILES string of the molecule is C=CCOc1cccc(CN(C)S(=O)(=O)c2ccc(OC)c(C(=O)N3CCCC3)c2)c1. The maximum Gasteiger partial charge on any atom is 0.257 e. The van der Waals surface area contributed by atoms with Crippen LogP contribution in [0.25, 0.3) is 0 Å². The molecule has 0 aromatic heterocycles. The van der Waals surface area contributed by atoms with E-state index in [2.05, 4.69) is 6.58 Å². The molecule has 1 heterocycles. The molecule has 1 aliphatic rings. The summed E-state index contributed by atoms with van der Waals surface area (Å²) >= 11 is 0. The van der Waals surface area contributed by atoms with Crippen molar-refractivity contribution in [1.82, 2.24) is 9.21 Å². The number of rotatable bonds is 9. The van der Waals surface area contributed by atoms with Crippen LogP contribution in [0, 0.1) is 0 Å². The number of carbonyl (C=O) groups is 1. The van der Waals surface area contributed by atoms with Gasteiger partial charge < -0.3 is 14.4 Å². The van der Waals surface area contributed by atoms with Gasteiger partial charge in [-0.15, -0.1) is 0 Å². The van der Waals surface area contributed by atoms with Gasteiger partial charge in [0.1, 0.15) is 18.1 Å². The Morgan fingerprint density at radius 2 is 1.94 bits per heavy atom. The second-order valence-electron chi connectivity index (χ2n) is 7.37. The molecular weight excluding hydrogens is 416 g/mol. The molecule has 1 saturated heterocycles. The number of amides is 1. The Balaban J connectivity index is 1.84. The van der Waals surface area contributed by atoms with Gasteiger partial charge in [0.25, 0.3) is 5.91 Å². The number of sulfonamides is 1. The maximum absolute atomic E-state index is 13.2. The van der Waals surface area contributed by atoms with Crippen molar-refractivity contribution < 1.29 is 22.7 Å². The highest BCUT2D eigenvalue weighted by atomic mass is 32.2. The van der Waals surface area contributed by atoms with Gasteiger partial charge in [-0.05, 0) is 48.7 Å². The number of hydrogen-bond donors (Lipinski definition) is 0. The third-order valence-electron chi connectivity index (χ3n) is 5.17. The van der Waals surface area contributed by atoms with Crippen molar-refractivity contribution in [2.45, 2.75) is 24.3 Å². The van der Waals surface area contributed by atoms with Crippen molar-refractivity contribution in [3.05, 3.63) is 66.2 Å². The van der Waals surface area contributed by atoms with Crippen molar-refractivity contribution in [2.75, 3.05) is 33.9 Å². The zero-order chi connectivity index (χ0) is 22.4. The molecule has 0 unspecified atom stereocenters. The van der Waals surface area contributed by atoms with E-state index in [1.165, 1.54) is 36.7 Å². The number of benzene rings is 2. The molecule has 7 nitrogen and oxygen atoms in total. The summed E-state index contributed by atoms with van der Waals surface area (Å²) in [6.07, 6.45) is 3.54. The van der Waals surface area contributed by atoms with E-state index in [4.69, 9.17) is 9.47 Å². The normalized spacial score (nSPS) is 14.0. The number of methoxy groups -OCH3 is 1. The number of ether oxygens (including phenoxy) is 2. The average Bonchev–Trinajstić information content (AvgIpc) is 3.32. The molecule has 0 atom stereocenters. The van der Waals surface area contributed by atoms with Crippen LogP contribution in [0.3, 0.4) is 0 Å². The molecular formula is C23H28N2O5S. The van der Waals surface area contributed by atoms with Crippen molar-refractivity contribution in [3.63, 3.8) is 0 Å². The smallest absolute Gasteiger partial charge is 0.257 e. The van der Waals surface area contributed by atoms with E-state index in [1.807, 2.05) is 12.1 Å². The zero-order valence-corrected chi connectivity index (χ0v) is 18.7. The third kappa shape index (κ3) is 5.26. The van der Waals surface area contributed by atoms with Gasteiger partial charge in [0, 0.05) is 26.7 Å². The van der Waals surface area contributed by atoms with Crippen LogP contribution in [-0.2, 0) is 16.6 Å². The van der Waals surface area contributed by atoms with Gasteiger partial charge in [0.2, 0.25) is 10.0 Å². The highest BCUT2D eigenvalue weighted by molar-refractivity contribution is 7.89. The first-order valence-corrected chi connectivity index (χ1v) is 11.6. The fraction of sp³-hybridized carbons (Fsp3) is 0.348. The fourth-order valence-electron chi connectivity index (χ4n) is 3.52. The lowest BCUT2D eigenvalue weighted by Crippen LogP contribution is -2.29. The minimum absolute atomic E-state index is 0.0532. The third-order valence-corrected chi connectivity index (χ3v) is 6.97. The quantitative estimate of drug-likeness (QED) is 0.555. The molecule has 2 aromatic rings. The molecule has 31 heavy (non-hydrogen) atoms. The minimum atomic E-state index is -3.82. The van der Waals surface area contributed by atoms with Gasteiger partial charge in [-0.1, -0.05) is 24.8 Å². The van der Waals surface area contributed by atoms with Crippen molar-refractivity contribution in [3.8, 4) is 11.5 Å². The van der Waals surface area contributed by atoms with Gasteiger partial charge in [0.05, 0.1) is 17.6 Å². The molecule has 0 aliphatic carbocycles. The van der Waals surface area contributed by atoms with Crippen LogP contribution in [0.15, 0.2) is 60.0 Å². The monoisotopic (exact) mass is 444 g/mol. The molecule has 166 valence electrons. The standard InChI is InChI=1S/C23H28N2O5S/c1-4-14-30-19-9-7-8-18(15-19)17-24(2)31(27,28)20-10-11-22(29-3)21(16-20)23(26)25-12-5-6-13-25/h4,7-11,15-16H,1,5-6,12-14,17H2,2-3H3. The Labute approximate surface area is 183 Å². The van der Waals surface area contributed by atoms with Gasteiger partial charge in [-0.3, -0.25) is 4.79 Å². The number of nitrogens with zero attached hydrogens (tertiary/aromatic N) is 2. The van der Waals surface area contributed by atoms with Gasteiger partial charge >= 0.3 is 0 Å². The highest BCUT2D eigenvalue weighted by Crippen LogP contribution is 2.27. The fourth-order valence-corrected chi connectivity index (χ4v) is 4.70. The zero-order valence-electron chi connectivity index (χ0n) is 17.9. The molecule has 3 rings (SSSR count). The molecule has 1 fully saturated rings. The van der Waals surface area contributed by atoms with E-state index in [0.29, 0.717) is 31.2 Å². The van der Waals surface area contributed by atoms with Crippen LogP contribution < -0.4 is 9.47 Å². The molecule has 0 spiro atoms. The molecule has 1 aliphatic heterocycles.